The smallest absolute Gasteiger partial charge is 0.416 e. The first-order chi connectivity index (χ1) is 18.7. The van der Waals surface area contributed by atoms with Crippen LogP contribution in [-0.2, 0) is 6.18 Å². The van der Waals surface area contributed by atoms with Crippen LogP contribution in [0.15, 0.2) is 78.9 Å². The SMILES string of the molecule is COc1ccc(-c2cc(C(=O)N3CCN(c4cccc(C(F)(F)F)c4)CC3)c(C)n2-c2ccc(C)cc2)cc1. The number of aromatic nitrogens is 1. The summed E-state index contributed by atoms with van der Waals surface area (Å²) in [7, 11) is 1.62. The van der Waals surface area contributed by atoms with Gasteiger partial charge in [-0.1, -0.05) is 23.8 Å². The van der Waals surface area contributed by atoms with Crippen LogP contribution in [-0.4, -0.2) is 48.7 Å². The van der Waals surface area contributed by atoms with Gasteiger partial charge in [0.2, 0.25) is 0 Å². The summed E-state index contributed by atoms with van der Waals surface area (Å²) < 4.78 is 47.0. The van der Waals surface area contributed by atoms with Crippen LogP contribution in [0.1, 0.15) is 27.2 Å². The zero-order chi connectivity index (χ0) is 27.7. The van der Waals surface area contributed by atoms with E-state index in [1.807, 2.05) is 73.3 Å². The largest absolute Gasteiger partial charge is 0.497 e. The van der Waals surface area contributed by atoms with Crippen molar-refractivity contribution in [1.82, 2.24) is 9.47 Å². The molecule has 0 bridgehead atoms. The molecule has 0 aliphatic carbocycles. The molecule has 0 N–H and O–H groups in total. The zero-order valence-corrected chi connectivity index (χ0v) is 22.1. The third-order valence-electron chi connectivity index (χ3n) is 7.26. The summed E-state index contributed by atoms with van der Waals surface area (Å²) in [4.78, 5) is 17.4. The minimum Gasteiger partial charge on any atom is -0.497 e. The fourth-order valence-corrected chi connectivity index (χ4v) is 5.04. The van der Waals surface area contributed by atoms with E-state index in [0.29, 0.717) is 37.4 Å². The molecular formula is C31H30F3N3O2. The summed E-state index contributed by atoms with van der Waals surface area (Å²) >= 11 is 0. The molecule has 0 saturated carbocycles. The Kier molecular flexibility index (Phi) is 7.12. The monoisotopic (exact) mass is 533 g/mol. The van der Waals surface area contributed by atoms with Crippen molar-refractivity contribution in [3.63, 3.8) is 0 Å². The number of rotatable bonds is 5. The summed E-state index contributed by atoms with van der Waals surface area (Å²) in [5.41, 5.74) is 5.22. The maximum Gasteiger partial charge on any atom is 0.416 e. The van der Waals surface area contributed by atoms with E-state index < -0.39 is 11.7 Å². The van der Waals surface area contributed by atoms with E-state index in [1.54, 1.807) is 18.1 Å². The lowest BCUT2D eigenvalue weighted by Gasteiger charge is -2.36. The number of hydrogen-bond acceptors (Lipinski definition) is 3. The van der Waals surface area contributed by atoms with Gasteiger partial charge in [0.1, 0.15) is 5.75 Å². The number of carbonyl (C=O) groups excluding carboxylic acids is 1. The fraction of sp³-hybridized carbons (Fsp3) is 0.258. The Bertz CT molecular complexity index is 1470. The number of methoxy groups -OCH3 is 1. The third kappa shape index (κ3) is 5.37. The van der Waals surface area contributed by atoms with Gasteiger partial charge in [0.05, 0.1) is 23.9 Å². The van der Waals surface area contributed by atoms with Gasteiger partial charge in [-0.05, 0) is 80.1 Å². The molecule has 0 spiro atoms. The average Bonchev–Trinajstić information content (AvgIpc) is 3.29. The van der Waals surface area contributed by atoms with Crippen LogP contribution in [0.5, 0.6) is 5.75 Å². The summed E-state index contributed by atoms with van der Waals surface area (Å²) in [6.45, 7) is 5.72. The molecule has 5 nitrogen and oxygen atoms in total. The van der Waals surface area contributed by atoms with E-state index >= 15 is 0 Å². The lowest BCUT2D eigenvalue weighted by molar-refractivity contribution is -0.137. The molecule has 202 valence electrons. The molecule has 0 unspecified atom stereocenters. The van der Waals surface area contributed by atoms with Crippen molar-refractivity contribution >= 4 is 11.6 Å². The van der Waals surface area contributed by atoms with Gasteiger partial charge in [-0.3, -0.25) is 4.79 Å². The molecule has 1 aromatic heterocycles. The van der Waals surface area contributed by atoms with Gasteiger partial charge in [0, 0.05) is 43.2 Å². The minimum absolute atomic E-state index is 0.0863. The first-order valence-electron chi connectivity index (χ1n) is 12.8. The second-order valence-corrected chi connectivity index (χ2v) is 9.76. The fourth-order valence-electron chi connectivity index (χ4n) is 5.04. The number of anilines is 1. The first kappa shape index (κ1) is 26.4. The molecule has 1 fully saturated rings. The second kappa shape index (κ2) is 10.5. The van der Waals surface area contributed by atoms with E-state index in [4.69, 9.17) is 4.74 Å². The van der Waals surface area contributed by atoms with Crippen molar-refractivity contribution in [3.8, 4) is 22.7 Å². The van der Waals surface area contributed by atoms with Crippen molar-refractivity contribution in [2.45, 2.75) is 20.0 Å². The van der Waals surface area contributed by atoms with Crippen molar-refractivity contribution in [3.05, 3.63) is 101 Å². The van der Waals surface area contributed by atoms with Gasteiger partial charge >= 0.3 is 6.18 Å². The highest BCUT2D eigenvalue weighted by Crippen LogP contribution is 2.33. The lowest BCUT2D eigenvalue weighted by atomic mass is 10.1. The van der Waals surface area contributed by atoms with Crippen LogP contribution >= 0.6 is 0 Å². The number of ether oxygens (including phenoxy) is 1. The predicted molar refractivity (Wildman–Crippen MR) is 147 cm³/mol. The summed E-state index contributed by atoms with van der Waals surface area (Å²) in [5.74, 6) is 0.663. The number of carbonyl (C=O) groups is 1. The Morgan fingerprint density at radius 1 is 0.821 bits per heavy atom. The molecule has 1 saturated heterocycles. The highest BCUT2D eigenvalue weighted by atomic mass is 19.4. The van der Waals surface area contributed by atoms with Gasteiger partial charge in [-0.25, -0.2) is 0 Å². The number of aryl methyl sites for hydroxylation is 1. The lowest BCUT2D eigenvalue weighted by Crippen LogP contribution is -2.49. The number of halogens is 3. The molecule has 1 aliphatic rings. The van der Waals surface area contributed by atoms with E-state index in [2.05, 4.69) is 4.57 Å². The Balaban J connectivity index is 1.42. The zero-order valence-electron chi connectivity index (χ0n) is 22.1. The Morgan fingerprint density at radius 2 is 1.49 bits per heavy atom. The van der Waals surface area contributed by atoms with Gasteiger partial charge in [0.25, 0.3) is 5.91 Å². The van der Waals surface area contributed by atoms with Gasteiger partial charge in [0.15, 0.2) is 0 Å². The molecule has 8 heteroatoms. The summed E-state index contributed by atoms with van der Waals surface area (Å²) in [6, 6.07) is 23.2. The topological polar surface area (TPSA) is 37.7 Å². The standard InChI is InChI=1S/C31H30F3N3O2/c1-21-7-11-25(12-8-21)37-22(2)28(20-29(37)23-9-13-27(39-3)14-10-23)30(38)36-17-15-35(16-18-36)26-6-4-5-24(19-26)31(32,33)34/h4-14,19-20H,15-18H2,1-3H3. The number of nitrogens with zero attached hydrogens (tertiary/aromatic N) is 3. The van der Waals surface area contributed by atoms with Crippen molar-refractivity contribution in [2.24, 2.45) is 0 Å². The first-order valence-corrected chi connectivity index (χ1v) is 12.8. The molecule has 4 aromatic rings. The predicted octanol–water partition coefficient (Wildman–Crippen LogP) is 6.75. The average molecular weight is 534 g/mol. The maximum absolute atomic E-state index is 13.8. The molecular weight excluding hydrogens is 503 g/mol. The molecule has 5 rings (SSSR count). The molecule has 2 heterocycles. The van der Waals surface area contributed by atoms with Crippen LogP contribution in [0.25, 0.3) is 16.9 Å². The molecule has 0 atom stereocenters. The Morgan fingerprint density at radius 3 is 2.10 bits per heavy atom. The summed E-state index contributed by atoms with van der Waals surface area (Å²) in [5, 5.41) is 0. The molecule has 0 radical (unpaired) electrons. The minimum atomic E-state index is -4.39. The van der Waals surface area contributed by atoms with Gasteiger partial charge in [-0.15, -0.1) is 0 Å². The van der Waals surface area contributed by atoms with Crippen molar-refractivity contribution < 1.29 is 22.7 Å². The number of hydrogen-bond donors (Lipinski definition) is 0. The van der Waals surface area contributed by atoms with E-state index in [0.717, 1.165) is 40.0 Å². The molecule has 3 aromatic carbocycles. The highest BCUT2D eigenvalue weighted by Gasteiger charge is 2.32. The van der Waals surface area contributed by atoms with Gasteiger partial charge < -0.3 is 19.1 Å². The molecule has 1 aliphatic heterocycles. The van der Waals surface area contributed by atoms with Crippen LogP contribution in [0.4, 0.5) is 18.9 Å². The normalized spacial score (nSPS) is 14.0. The third-order valence-corrected chi connectivity index (χ3v) is 7.26. The summed E-state index contributed by atoms with van der Waals surface area (Å²) in [6.07, 6.45) is -4.39. The van der Waals surface area contributed by atoms with E-state index in [-0.39, 0.29) is 5.91 Å². The van der Waals surface area contributed by atoms with Crippen molar-refractivity contribution in [1.29, 1.82) is 0 Å². The number of alkyl halides is 3. The van der Waals surface area contributed by atoms with E-state index in [1.165, 1.54) is 12.1 Å². The Labute approximate surface area is 226 Å². The quantitative estimate of drug-likeness (QED) is 0.285. The molecule has 1 amide bonds. The van der Waals surface area contributed by atoms with Crippen molar-refractivity contribution in [2.75, 3.05) is 38.2 Å². The second-order valence-electron chi connectivity index (χ2n) is 9.76. The van der Waals surface area contributed by atoms with Crippen LogP contribution in [0, 0.1) is 13.8 Å². The number of benzene rings is 3. The van der Waals surface area contributed by atoms with Gasteiger partial charge in [-0.2, -0.15) is 13.2 Å². The maximum atomic E-state index is 13.8. The van der Waals surface area contributed by atoms with E-state index in [9.17, 15) is 18.0 Å². The van der Waals surface area contributed by atoms with Crippen LogP contribution < -0.4 is 9.64 Å². The number of piperazine rings is 1. The highest BCUT2D eigenvalue weighted by molar-refractivity contribution is 5.97. The van der Waals surface area contributed by atoms with Crippen LogP contribution in [0.3, 0.4) is 0 Å². The Hall–Kier alpha value is -4.20. The number of amides is 1. The van der Waals surface area contributed by atoms with Crippen LogP contribution in [0.2, 0.25) is 0 Å². The molecule has 39 heavy (non-hydrogen) atoms.